The molecule has 0 atom stereocenters. The number of amidine groups is 1. The number of nitrogens with one attached hydrogen (secondary N) is 1. The number of aryl methyl sites for hydroxylation is 1. The Morgan fingerprint density at radius 2 is 2.05 bits per heavy atom. The third kappa shape index (κ3) is 2.97. The van der Waals surface area contributed by atoms with E-state index in [2.05, 4.69) is 36.5 Å². The SMILES string of the molecule is Cc1ccccc1CCN=C1NC2(CCCC2)CS1. The molecule has 0 unspecified atom stereocenters. The second kappa shape index (κ2) is 5.58. The Bertz CT molecular complexity index is 475. The van der Waals surface area contributed by atoms with E-state index in [0.717, 1.165) is 13.0 Å². The van der Waals surface area contributed by atoms with Gasteiger partial charge in [0.15, 0.2) is 5.17 Å². The minimum atomic E-state index is 0.395. The van der Waals surface area contributed by atoms with Crippen molar-refractivity contribution in [3.8, 4) is 0 Å². The predicted octanol–water partition coefficient (Wildman–Crippen LogP) is 3.54. The van der Waals surface area contributed by atoms with Crippen LogP contribution < -0.4 is 5.32 Å². The quantitative estimate of drug-likeness (QED) is 0.911. The Hall–Kier alpha value is -0.960. The molecule has 0 bridgehead atoms. The lowest BCUT2D eigenvalue weighted by molar-refractivity contribution is 0.452. The number of nitrogens with zero attached hydrogens (tertiary/aromatic N) is 1. The van der Waals surface area contributed by atoms with Crippen LogP contribution in [0.2, 0.25) is 0 Å². The highest BCUT2D eigenvalue weighted by Crippen LogP contribution is 2.37. The first kappa shape index (κ1) is 13.0. The summed E-state index contributed by atoms with van der Waals surface area (Å²) in [7, 11) is 0. The van der Waals surface area contributed by atoms with Gasteiger partial charge in [-0.3, -0.25) is 4.99 Å². The van der Waals surface area contributed by atoms with Crippen molar-refractivity contribution in [1.29, 1.82) is 0 Å². The summed E-state index contributed by atoms with van der Waals surface area (Å²) >= 11 is 1.92. The Balaban J connectivity index is 1.55. The van der Waals surface area contributed by atoms with Gasteiger partial charge in [0.1, 0.15) is 0 Å². The Morgan fingerprint density at radius 1 is 1.26 bits per heavy atom. The van der Waals surface area contributed by atoms with Crippen LogP contribution in [0.5, 0.6) is 0 Å². The third-order valence-electron chi connectivity index (χ3n) is 4.32. The Morgan fingerprint density at radius 3 is 2.84 bits per heavy atom. The van der Waals surface area contributed by atoms with Crippen LogP contribution in [0.1, 0.15) is 36.8 Å². The van der Waals surface area contributed by atoms with Gasteiger partial charge in [-0.2, -0.15) is 0 Å². The molecule has 1 aromatic carbocycles. The van der Waals surface area contributed by atoms with Gasteiger partial charge in [-0.15, -0.1) is 0 Å². The molecular formula is C16H22N2S. The molecule has 1 N–H and O–H groups in total. The minimum Gasteiger partial charge on any atom is -0.359 e. The standard InChI is InChI=1S/C16H22N2S/c1-13-6-2-3-7-14(13)8-11-17-15-18-16(12-19-15)9-4-5-10-16/h2-3,6-7H,4-5,8-12H2,1H3,(H,17,18). The average Bonchev–Trinajstić information content (AvgIpc) is 3.03. The summed E-state index contributed by atoms with van der Waals surface area (Å²) < 4.78 is 0. The van der Waals surface area contributed by atoms with Gasteiger partial charge >= 0.3 is 0 Å². The molecule has 0 aromatic heterocycles. The maximum Gasteiger partial charge on any atom is 0.157 e. The molecule has 1 aromatic rings. The lowest BCUT2D eigenvalue weighted by Crippen LogP contribution is -2.40. The summed E-state index contributed by atoms with van der Waals surface area (Å²) in [5.74, 6) is 1.22. The van der Waals surface area contributed by atoms with Gasteiger partial charge < -0.3 is 5.32 Å². The summed E-state index contributed by atoms with van der Waals surface area (Å²) in [5, 5.41) is 4.86. The molecule has 2 nitrogen and oxygen atoms in total. The molecule has 3 rings (SSSR count). The van der Waals surface area contributed by atoms with E-state index in [4.69, 9.17) is 4.99 Å². The molecule has 19 heavy (non-hydrogen) atoms. The van der Waals surface area contributed by atoms with E-state index < -0.39 is 0 Å². The van der Waals surface area contributed by atoms with E-state index in [-0.39, 0.29) is 0 Å². The van der Waals surface area contributed by atoms with Crippen LogP contribution in [0.15, 0.2) is 29.3 Å². The molecule has 0 radical (unpaired) electrons. The topological polar surface area (TPSA) is 24.4 Å². The van der Waals surface area contributed by atoms with E-state index in [0.29, 0.717) is 5.54 Å². The van der Waals surface area contributed by atoms with E-state index in [9.17, 15) is 0 Å². The smallest absolute Gasteiger partial charge is 0.157 e. The van der Waals surface area contributed by atoms with Crippen LogP contribution in [0, 0.1) is 6.92 Å². The number of hydrogen-bond acceptors (Lipinski definition) is 2. The Kier molecular flexibility index (Phi) is 3.83. The molecule has 0 amide bonds. The van der Waals surface area contributed by atoms with E-state index in [1.165, 1.54) is 47.7 Å². The first-order chi connectivity index (χ1) is 9.27. The fourth-order valence-electron chi connectivity index (χ4n) is 3.08. The molecule has 2 aliphatic rings. The van der Waals surface area contributed by atoms with Crippen molar-refractivity contribution < 1.29 is 0 Å². The maximum atomic E-state index is 4.75. The number of benzene rings is 1. The van der Waals surface area contributed by atoms with E-state index in [1.54, 1.807) is 0 Å². The van der Waals surface area contributed by atoms with Crippen molar-refractivity contribution >= 4 is 16.9 Å². The molecule has 102 valence electrons. The monoisotopic (exact) mass is 274 g/mol. The van der Waals surface area contributed by atoms with Gasteiger partial charge in [0.05, 0.1) is 0 Å². The second-order valence-corrected chi connectivity index (χ2v) is 6.73. The zero-order valence-electron chi connectivity index (χ0n) is 11.6. The van der Waals surface area contributed by atoms with Crippen LogP contribution in [0.4, 0.5) is 0 Å². The molecule has 1 aliphatic carbocycles. The van der Waals surface area contributed by atoms with E-state index in [1.807, 2.05) is 11.8 Å². The number of aliphatic imine (C=N–C) groups is 1. The highest BCUT2D eigenvalue weighted by molar-refractivity contribution is 8.14. The fraction of sp³-hybridized carbons (Fsp3) is 0.562. The molecule has 2 fully saturated rings. The lowest BCUT2D eigenvalue weighted by Gasteiger charge is -2.21. The van der Waals surface area contributed by atoms with Gasteiger partial charge in [0.25, 0.3) is 0 Å². The number of thioether (sulfide) groups is 1. The first-order valence-electron chi connectivity index (χ1n) is 7.27. The maximum absolute atomic E-state index is 4.75. The summed E-state index contributed by atoms with van der Waals surface area (Å²) in [6.07, 6.45) is 6.47. The summed E-state index contributed by atoms with van der Waals surface area (Å²) in [6, 6.07) is 8.61. The van der Waals surface area contributed by atoms with Crippen molar-refractivity contribution in [2.45, 2.75) is 44.6 Å². The van der Waals surface area contributed by atoms with Crippen molar-refractivity contribution in [3.05, 3.63) is 35.4 Å². The highest BCUT2D eigenvalue weighted by Gasteiger charge is 2.39. The summed E-state index contributed by atoms with van der Waals surface area (Å²) in [5.41, 5.74) is 3.19. The van der Waals surface area contributed by atoms with Gasteiger partial charge in [-0.25, -0.2) is 0 Å². The zero-order chi connectivity index (χ0) is 13.1. The van der Waals surface area contributed by atoms with Crippen LogP contribution in [-0.2, 0) is 6.42 Å². The van der Waals surface area contributed by atoms with Crippen molar-refractivity contribution in [1.82, 2.24) is 5.32 Å². The van der Waals surface area contributed by atoms with Crippen LogP contribution in [0.3, 0.4) is 0 Å². The minimum absolute atomic E-state index is 0.395. The Labute approximate surface area is 120 Å². The molecule has 1 aliphatic heterocycles. The average molecular weight is 274 g/mol. The van der Waals surface area contributed by atoms with Crippen molar-refractivity contribution in [2.75, 3.05) is 12.3 Å². The first-order valence-corrected chi connectivity index (χ1v) is 8.26. The van der Waals surface area contributed by atoms with Crippen LogP contribution >= 0.6 is 11.8 Å². The van der Waals surface area contributed by atoms with E-state index >= 15 is 0 Å². The molecule has 3 heteroatoms. The summed E-state index contributed by atoms with van der Waals surface area (Å²) in [4.78, 5) is 4.75. The fourth-order valence-corrected chi connectivity index (χ4v) is 4.33. The molecule has 1 saturated carbocycles. The highest BCUT2D eigenvalue weighted by atomic mass is 32.2. The van der Waals surface area contributed by atoms with Gasteiger partial charge in [-0.05, 0) is 37.3 Å². The van der Waals surface area contributed by atoms with Crippen molar-refractivity contribution in [3.63, 3.8) is 0 Å². The van der Waals surface area contributed by atoms with Gasteiger partial charge in [0.2, 0.25) is 0 Å². The van der Waals surface area contributed by atoms with Gasteiger partial charge in [0, 0.05) is 17.8 Å². The molecular weight excluding hydrogens is 252 g/mol. The van der Waals surface area contributed by atoms with Gasteiger partial charge in [-0.1, -0.05) is 48.9 Å². The molecule has 1 heterocycles. The lowest BCUT2D eigenvalue weighted by atomic mass is 10.0. The second-order valence-electron chi connectivity index (χ2n) is 5.76. The normalized spacial score (nSPS) is 23.1. The van der Waals surface area contributed by atoms with Crippen molar-refractivity contribution in [2.24, 2.45) is 4.99 Å². The van der Waals surface area contributed by atoms with Crippen LogP contribution in [0.25, 0.3) is 0 Å². The summed E-state index contributed by atoms with van der Waals surface area (Å²) in [6.45, 7) is 3.08. The molecule has 1 spiro atoms. The molecule has 1 saturated heterocycles. The number of hydrogen-bond donors (Lipinski definition) is 1. The number of rotatable bonds is 3. The predicted molar refractivity (Wildman–Crippen MR) is 84.0 cm³/mol. The third-order valence-corrected chi connectivity index (χ3v) is 5.52. The zero-order valence-corrected chi connectivity index (χ0v) is 12.4. The largest absolute Gasteiger partial charge is 0.359 e. The van der Waals surface area contributed by atoms with Crippen LogP contribution in [-0.4, -0.2) is 23.0 Å².